The van der Waals surface area contributed by atoms with Gasteiger partial charge in [-0.1, -0.05) is 18.6 Å². The van der Waals surface area contributed by atoms with E-state index in [0.717, 1.165) is 25.6 Å². The molecule has 0 aliphatic carbocycles. The van der Waals surface area contributed by atoms with Crippen LogP contribution in [-0.4, -0.2) is 38.3 Å². The molecular weight excluding hydrogens is 206 g/mol. The molecule has 3 heteroatoms. The summed E-state index contributed by atoms with van der Waals surface area (Å²) in [6.45, 7) is 5.02. The average Bonchev–Trinajstić information content (AvgIpc) is 2.75. The summed E-state index contributed by atoms with van der Waals surface area (Å²) in [4.78, 5) is 0. The van der Waals surface area contributed by atoms with E-state index in [0.29, 0.717) is 0 Å². The predicted molar refractivity (Wildman–Crippen MR) is 68.6 cm³/mol. The summed E-state index contributed by atoms with van der Waals surface area (Å²) >= 11 is 2.08. The summed E-state index contributed by atoms with van der Waals surface area (Å²) in [5.74, 6) is 3.49. The Hall–Kier alpha value is 0.01000. The van der Waals surface area contributed by atoms with Crippen LogP contribution in [0.1, 0.15) is 19.8 Å². The number of thioether (sulfide) groups is 1. The Balaban J connectivity index is 2.21. The van der Waals surface area contributed by atoms with Crippen LogP contribution >= 0.6 is 11.8 Å². The van der Waals surface area contributed by atoms with Gasteiger partial charge in [-0.3, -0.25) is 0 Å². The highest BCUT2D eigenvalue weighted by atomic mass is 32.2. The van der Waals surface area contributed by atoms with Crippen molar-refractivity contribution >= 4 is 11.8 Å². The maximum absolute atomic E-state index is 5.01. The molecule has 0 radical (unpaired) electrons. The molecule has 1 aliphatic heterocycles. The second-order valence-electron chi connectivity index (χ2n) is 3.97. The zero-order chi connectivity index (χ0) is 10.9. The van der Waals surface area contributed by atoms with Gasteiger partial charge in [-0.15, -0.1) is 0 Å². The Morgan fingerprint density at radius 1 is 1.60 bits per heavy atom. The van der Waals surface area contributed by atoms with Crippen molar-refractivity contribution in [3.8, 4) is 0 Å². The summed E-state index contributed by atoms with van der Waals surface area (Å²) in [5.41, 5.74) is 1.55. The molecule has 0 amide bonds. The fraction of sp³-hybridized carbons (Fsp3) is 0.833. The monoisotopic (exact) mass is 229 g/mol. The maximum atomic E-state index is 5.01. The average molecular weight is 229 g/mol. The number of methoxy groups -OCH3 is 1. The molecular formula is C12H23NOS. The normalized spacial score (nSPS) is 22.3. The SMILES string of the molecule is CCC(=CC1CCSC1)CNCCOC. The molecule has 1 aliphatic rings. The van der Waals surface area contributed by atoms with Crippen molar-refractivity contribution in [3.63, 3.8) is 0 Å². The van der Waals surface area contributed by atoms with Gasteiger partial charge < -0.3 is 10.1 Å². The highest BCUT2D eigenvalue weighted by Gasteiger charge is 2.13. The number of nitrogens with one attached hydrogen (secondary N) is 1. The first-order valence-electron chi connectivity index (χ1n) is 5.83. The van der Waals surface area contributed by atoms with Gasteiger partial charge in [-0.2, -0.15) is 11.8 Å². The standard InChI is InChI=1S/C12H23NOS/c1-3-11(9-13-5-6-14-2)8-12-4-7-15-10-12/h8,12-13H,3-7,9-10H2,1-2H3. The fourth-order valence-electron chi connectivity index (χ4n) is 1.74. The zero-order valence-corrected chi connectivity index (χ0v) is 10.7. The Morgan fingerprint density at radius 2 is 2.47 bits per heavy atom. The van der Waals surface area contributed by atoms with Crippen molar-refractivity contribution in [1.82, 2.24) is 5.32 Å². The molecule has 15 heavy (non-hydrogen) atoms. The molecule has 1 rings (SSSR count). The number of rotatable bonds is 7. The second kappa shape index (κ2) is 8.20. The minimum atomic E-state index is 0.802. The van der Waals surface area contributed by atoms with Gasteiger partial charge in [0.15, 0.2) is 0 Å². The molecule has 1 N–H and O–H groups in total. The van der Waals surface area contributed by atoms with Crippen molar-refractivity contribution in [2.45, 2.75) is 19.8 Å². The second-order valence-corrected chi connectivity index (χ2v) is 5.12. The van der Waals surface area contributed by atoms with E-state index >= 15 is 0 Å². The molecule has 0 aromatic carbocycles. The predicted octanol–water partition coefficient (Wildman–Crippen LogP) is 2.31. The summed E-state index contributed by atoms with van der Waals surface area (Å²) in [6, 6.07) is 0. The summed E-state index contributed by atoms with van der Waals surface area (Å²) < 4.78 is 5.01. The van der Waals surface area contributed by atoms with E-state index in [4.69, 9.17) is 4.74 Å². The lowest BCUT2D eigenvalue weighted by molar-refractivity contribution is 0.200. The molecule has 88 valence electrons. The number of hydrogen-bond donors (Lipinski definition) is 1. The van der Waals surface area contributed by atoms with E-state index in [9.17, 15) is 0 Å². The van der Waals surface area contributed by atoms with Gasteiger partial charge in [0.1, 0.15) is 0 Å². The summed E-state index contributed by atoms with van der Waals surface area (Å²) in [7, 11) is 1.74. The lowest BCUT2D eigenvalue weighted by Gasteiger charge is -2.09. The van der Waals surface area contributed by atoms with E-state index in [1.54, 1.807) is 12.7 Å². The summed E-state index contributed by atoms with van der Waals surface area (Å²) in [6.07, 6.45) is 5.02. The molecule has 0 spiro atoms. The Morgan fingerprint density at radius 3 is 3.07 bits per heavy atom. The van der Waals surface area contributed by atoms with Crippen LogP contribution in [0.2, 0.25) is 0 Å². The Labute approximate surface area is 97.8 Å². The van der Waals surface area contributed by atoms with E-state index in [1.807, 2.05) is 0 Å². The molecule has 1 heterocycles. The topological polar surface area (TPSA) is 21.3 Å². The Bertz CT molecular complexity index is 188. The minimum Gasteiger partial charge on any atom is -0.383 e. The molecule has 0 saturated carbocycles. The zero-order valence-electron chi connectivity index (χ0n) is 9.92. The van der Waals surface area contributed by atoms with Gasteiger partial charge in [0.2, 0.25) is 0 Å². The lowest BCUT2D eigenvalue weighted by Crippen LogP contribution is -2.21. The molecule has 0 aromatic rings. The quantitative estimate of drug-likeness (QED) is 0.535. The molecule has 1 unspecified atom stereocenters. The van der Waals surface area contributed by atoms with Gasteiger partial charge in [-0.05, 0) is 30.3 Å². The molecule has 0 bridgehead atoms. The third kappa shape index (κ3) is 5.59. The van der Waals surface area contributed by atoms with E-state index in [1.165, 1.54) is 24.3 Å². The van der Waals surface area contributed by atoms with Gasteiger partial charge in [0, 0.05) is 20.2 Å². The van der Waals surface area contributed by atoms with Gasteiger partial charge in [0.05, 0.1) is 6.61 Å². The van der Waals surface area contributed by atoms with Crippen LogP contribution in [0.5, 0.6) is 0 Å². The van der Waals surface area contributed by atoms with Crippen molar-refractivity contribution < 1.29 is 4.74 Å². The van der Waals surface area contributed by atoms with Crippen molar-refractivity contribution in [2.75, 3.05) is 38.3 Å². The van der Waals surface area contributed by atoms with Crippen molar-refractivity contribution in [1.29, 1.82) is 0 Å². The van der Waals surface area contributed by atoms with Crippen LogP contribution in [0.15, 0.2) is 11.6 Å². The fourth-order valence-corrected chi connectivity index (χ4v) is 2.94. The van der Waals surface area contributed by atoms with E-state index in [2.05, 4.69) is 30.1 Å². The van der Waals surface area contributed by atoms with Crippen LogP contribution in [0.4, 0.5) is 0 Å². The number of allylic oxidation sites excluding steroid dienone is 1. The van der Waals surface area contributed by atoms with Gasteiger partial charge in [0.25, 0.3) is 0 Å². The van der Waals surface area contributed by atoms with E-state index < -0.39 is 0 Å². The van der Waals surface area contributed by atoms with Crippen LogP contribution in [0, 0.1) is 5.92 Å². The first-order valence-corrected chi connectivity index (χ1v) is 6.99. The Kier molecular flexibility index (Phi) is 7.14. The van der Waals surface area contributed by atoms with Crippen molar-refractivity contribution in [2.24, 2.45) is 5.92 Å². The summed E-state index contributed by atoms with van der Waals surface area (Å²) in [5, 5.41) is 3.41. The third-order valence-electron chi connectivity index (χ3n) is 2.73. The number of hydrogen-bond acceptors (Lipinski definition) is 3. The van der Waals surface area contributed by atoms with Crippen LogP contribution in [0.25, 0.3) is 0 Å². The lowest BCUT2D eigenvalue weighted by atomic mass is 10.0. The van der Waals surface area contributed by atoms with Crippen LogP contribution < -0.4 is 5.32 Å². The van der Waals surface area contributed by atoms with Gasteiger partial charge in [-0.25, -0.2) is 0 Å². The molecule has 2 nitrogen and oxygen atoms in total. The van der Waals surface area contributed by atoms with Crippen LogP contribution in [0.3, 0.4) is 0 Å². The smallest absolute Gasteiger partial charge is 0.0587 e. The minimum absolute atomic E-state index is 0.802. The highest BCUT2D eigenvalue weighted by Crippen LogP contribution is 2.25. The van der Waals surface area contributed by atoms with Crippen molar-refractivity contribution in [3.05, 3.63) is 11.6 Å². The first kappa shape index (κ1) is 13.1. The molecule has 1 saturated heterocycles. The first-order chi connectivity index (χ1) is 7.36. The molecule has 1 atom stereocenters. The van der Waals surface area contributed by atoms with Crippen LogP contribution in [-0.2, 0) is 4.74 Å². The largest absolute Gasteiger partial charge is 0.383 e. The molecule has 0 aromatic heterocycles. The number of ether oxygens (including phenoxy) is 1. The van der Waals surface area contributed by atoms with Gasteiger partial charge >= 0.3 is 0 Å². The highest BCUT2D eigenvalue weighted by molar-refractivity contribution is 7.99. The maximum Gasteiger partial charge on any atom is 0.0587 e. The third-order valence-corrected chi connectivity index (χ3v) is 3.91. The molecule has 1 fully saturated rings. The van der Waals surface area contributed by atoms with E-state index in [-0.39, 0.29) is 0 Å².